The van der Waals surface area contributed by atoms with E-state index in [1.54, 1.807) is 31.2 Å². The molecule has 0 aliphatic rings. The molecule has 0 unspecified atom stereocenters. The van der Waals surface area contributed by atoms with E-state index in [-0.39, 0.29) is 17.6 Å². The Balaban J connectivity index is 1.53. The molecule has 2 N–H and O–H groups in total. The number of rotatable bonds is 4. The number of aryl methyl sites for hydroxylation is 1. The topological polar surface area (TPSA) is 84.0 Å². The normalized spacial score (nSPS) is 10.8. The van der Waals surface area contributed by atoms with Gasteiger partial charge < -0.3 is 5.32 Å². The van der Waals surface area contributed by atoms with Crippen molar-refractivity contribution in [2.45, 2.75) is 13.8 Å². The molecule has 0 atom stereocenters. The molecular formula is C22H17FN4O2S. The third kappa shape index (κ3) is 4.18. The number of aromatic nitrogens is 2. The average molecular weight is 420 g/mol. The third-order valence-electron chi connectivity index (χ3n) is 4.44. The Bertz CT molecular complexity index is 1270. The van der Waals surface area contributed by atoms with E-state index in [1.165, 1.54) is 30.4 Å². The van der Waals surface area contributed by atoms with Gasteiger partial charge >= 0.3 is 0 Å². The van der Waals surface area contributed by atoms with Gasteiger partial charge in [0.1, 0.15) is 5.82 Å². The first-order chi connectivity index (χ1) is 14.4. The minimum atomic E-state index is -0.368. The number of nitrogens with one attached hydrogen (secondary N) is 2. The summed E-state index contributed by atoms with van der Waals surface area (Å²) in [6.07, 6.45) is 0. The van der Waals surface area contributed by atoms with Crippen LogP contribution in [-0.2, 0) is 4.79 Å². The van der Waals surface area contributed by atoms with Crippen molar-refractivity contribution in [3.63, 3.8) is 0 Å². The number of hydrogen-bond donors (Lipinski definition) is 2. The van der Waals surface area contributed by atoms with Crippen LogP contribution in [0, 0.1) is 12.7 Å². The Morgan fingerprint density at radius 3 is 2.50 bits per heavy atom. The molecule has 4 aromatic rings. The summed E-state index contributed by atoms with van der Waals surface area (Å²) in [6, 6.07) is 13.3. The Kier molecular flexibility index (Phi) is 5.24. The minimum Gasteiger partial charge on any atom is -0.326 e. The fraction of sp³-hybridized carbons (Fsp3) is 0.0909. The molecule has 0 spiro atoms. The van der Waals surface area contributed by atoms with Gasteiger partial charge in [-0.1, -0.05) is 12.1 Å². The summed E-state index contributed by atoms with van der Waals surface area (Å²) in [7, 11) is 0. The van der Waals surface area contributed by atoms with Crippen LogP contribution in [0.25, 0.3) is 22.2 Å². The van der Waals surface area contributed by atoms with Gasteiger partial charge in [0.05, 0.1) is 22.5 Å². The molecule has 2 aromatic heterocycles. The number of pyridine rings is 1. The molecule has 2 amide bonds. The molecule has 2 aromatic carbocycles. The highest BCUT2D eigenvalue weighted by atomic mass is 32.1. The molecule has 0 aliphatic heterocycles. The predicted octanol–water partition coefficient (Wildman–Crippen LogP) is 5.02. The number of carbonyl (C=O) groups excluding carboxylic acids is 2. The molecule has 2 heterocycles. The Hall–Kier alpha value is -3.65. The van der Waals surface area contributed by atoms with E-state index in [0.717, 1.165) is 5.56 Å². The van der Waals surface area contributed by atoms with Crippen LogP contribution in [0.15, 0.2) is 53.9 Å². The van der Waals surface area contributed by atoms with Crippen LogP contribution in [0.4, 0.5) is 15.2 Å². The Morgan fingerprint density at radius 2 is 1.77 bits per heavy atom. The van der Waals surface area contributed by atoms with Crippen molar-refractivity contribution in [3.8, 4) is 11.3 Å². The second-order valence-corrected chi connectivity index (χ2v) is 7.57. The third-order valence-corrected chi connectivity index (χ3v) is 5.20. The highest BCUT2D eigenvalue weighted by Crippen LogP contribution is 2.27. The zero-order valence-corrected chi connectivity index (χ0v) is 17.0. The molecule has 0 aliphatic carbocycles. The summed E-state index contributed by atoms with van der Waals surface area (Å²) in [4.78, 5) is 32.7. The van der Waals surface area contributed by atoms with Gasteiger partial charge in [0.15, 0.2) is 5.13 Å². The second kappa shape index (κ2) is 8.00. The van der Waals surface area contributed by atoms with Crippen LogP contribution in [-0.4, -0.2) is 21.8 Å². The van der Waals surface area contributed by atoms with E-state index in [2.05, 4.69) is 20.6 Å². The van der Waals surface area contributed by atoms with Gasteiger partial charge in [-0.2, -0.15) is 0 Å². The van der Waals surface area contributed by atoms with E-state index >= 15 is 0 Å². The molecule has 150 valence electrons. The maximum absolute atomic E-state index is 13.4. The molecule has 0 radical (unpaired) electrons. The number of amides is 2. The minimum absolute atomic E-state index is 0.134. The molecule has 0 saturated carbocycles. The van der Waals surface area contributed by atoms with Gasteiger partial charge in [0.2, 0.25) is 5.91 Å². The molecule has 6 nitrogen and oxygen atoms in total. The first-order valence-electron chi connectivity index (χ1n) is 9.11. The van der Waals surface area contributed by atoms with Gasteiger partial charge in [-0.05, 0) is 37.3 Å². The van der Waals surface area contributed by atoms with Crippen molar-refractivity contribution < 1.29 is 14.0 Å². The lowest BCUT2D eigenvalue weighted by atomic mass is 10.1. The quantitative estimate of drug-likeness (QED) is 0.486. The monoisotopic (exact) mass is 420 g/mol. The van der Waals surface area contributed by atoms with Crippen molar-refractivity contribution in [1.82, 2.24) is 9.97 Å². The number of thiazole rings is 1. The number of fused-ring (bicyclic) bond motifs is 1. The SMILES string of the molecule is CC(=O)Nc1ccc(-c2csc(NC(=O)c3cc4ccc(F)cc4nc3C)n2)cc1. The van der Waals surface area contributed by atoms with Crippen LogP contribution in [0.1, 0.15) is 23.0 Å². The molecule has 0 fully saturated rings. The standard InChI is InChI=1S/C22H17FN4O2S/c1-12-18(9-15-3-6-16(23)10-19(15)24-12)21(29)27-22-26-20(11-30-22)14-4-7-17(8-5-14)25-13(2)28/h3-11H,1-2H3,(H,25,28)(H,26,27,29). The van der Waals surface area contributed by atoms with Crippen LogP contribution in [0.3, 0.4) is 0 Å². The predicted molar refractivity (Wildman–Crippen MR) is 116 cm³/mol. The lowest BCUT2D eigenvalue weighted by Crippen LogP contribution is -2.14. The summed E-state index contributed by atoms with van der Waals surface area (Å²) in [5, 5.41) is 8.50. The summed E-state index contributed by atoms with van der Waals surface area (Å²) in [6.45, 7) is 3.16. The number of halogens is 1. The van der Waals surface area contributed by atoms with Crippen LogP contribution in [0.2, 0.25) is 0 Å². The van der Waals surface area contributed by atoms with Crippen molar-refractivity contribution in [2.24, 2.45) is 0 Å². The number of anilines is 2. The highest BCUT2D eigenvalue weighted by Gasteiger charge is 2.14. The van der Waals surface area contributed by atoms with Crippen LogP contribution in [0.5, 0.6) is 0 Å². The highest BCUT2D eigenvalue weighted by molar-refractivity contribution is 7.14. The molecular weight excluding hydrogens is 403 g/mol. The zero-order valence-electron chi connectivity index (χ0n) is 16.2. The number of carbonyl (C=O) groups is 2. The summed E-state index contributed by atoms with van der Waals surface area (Å²) < 4.78 is 13.4. The summed E-state index contributed by atoms with van der Waals surface area (Å²) in [5.41, 5.74) is 3.71. The molecule has 8 heteroatoms. The molecule has 30 heavy (non-hydrogen) atoms. The fourth-order valence-electron chi connectivity index (χ4n) is 3.02. The van der Waals surface area contributed by atoms with E-state index in [1.807, 2.05) is 17.5 Å². The van der Waals surface area contributed by atoms with Crippen molar-refractivity contribution in [1.29, 1.82) is 0 Å². The largest absolute Gasteiger partial charge is 0.326 e. The first-order valence-corrected chi connectivity index (χ1v) is 9.99. The van der Waals surface area contributed by atoms with Gasteiger partial charge in [-0.15, -0.1) is 11.3 Å². The van der Waals surface area contributed by atoms with Gasteiger partial charge in [-0.3, -0.25) is 19.9 Å². The number of hydrogen-bond acceptors (Lipinski definition) is 5. The lowest BCUT2D eigenvalue weighted by molar-refractivity contribution is -0.114. The maximum atomic E-state index is 13.4. The van der Waals surface area contributed by atoms with E-state index in [4.69, 9.17) is 0 Å². The molecule has 0 bridgehead atoms. The van der Waals surface area contributed by atoms with Gasteiger partial charge in [0.25, 0.3) is 5.91 Å². The lowest BCUT2D eigenvalue weighted by Gasteiger charge is -2.07. The summed E-state index contributed by atoms with van der Waals surface area (Å²) in [5.74, 6) is -0.829. The number of nitrogens with zero attached hydrogens (tertiary/aromatic N) is 2. The summed E-state index contributed by atoms with van der Waals surface area (Å²) >= 11 is 1.31. The Labute approximate surface area is 175 Å². The Morgan fingerprint density at radius 1 is 1.00 bits per heavy atom. The fourth-order valence-corrected chi connectivity index (χ4v) is 3.74. The van der Waals surface area contributed by atoms with E-state index in [9.17, 15) is 14.0 Å². The van der Waals surface area contributed by atoms with Crippen LogP contribution >= 0.6 is 11.3 Å². The molecule has 0 saturated heterocycles. The van der Waals surface area contributed by atoms with Gasteiger partial charge in [-0.25, -0.2) is 9.37 Å². The average Bonchev–Trinajstić information content (AvgIpc) is 3.15. The molecule has 4 rings (SSSR count). The maximum Gasteiger partial charge on any atom is 0.259 e. The van der Waals surface area contributed by atoms with Crippen molar-refractivity contribution >= 4 is 44.9 Å². The van der Waals surface area contributed by atoms with E-state index < -0.39 is 0 Å². The first kappa shape index (κ1) is 19.7. The number of benzene rings is 2. The van der Waals surface area contributed by atoms with Crippen LogP contribution < -0.4 is 10.6 Å². The zero-order chi connectivity index (χ0) is 21.3. The second-order valence-electron chi connectivity index (χ2n) is 6.71. The van der Waals surface area contributed by atoms with Gasteiger partial charge in [0, 0.05) is 35.0 Å². The van der Waals surface area contributed by atoms with E-state index in [0.29, 0.717) is 38.7 Å². The van der Waals surface area contributed by atoms with Crippen molar-refractivity contribution in [3.05, 3.63) is 71.0 Å². The van der Waals surface area contributed by atoms with Crippen molar-refractivity contribution in [2.75, 3.05) is 10.6 Å². The smallest absolute Gasteiger partial charge is 0.259 e.